The van der Waals surface area contributed by atoms with Crippen LogP contribution in [0.4, 0.5) is 5.69 Å². The van der Waals surface area contributed by atoms with Crippen molar-refractivity contribution in [2.24, 2.45) is 0 Å². The SMILES string of the molecule is CCOc1ccccc1OCCCC(=O)N1CCN(c2ccncc2)CC1. The van der Waals surface area contributed by atoms with E-state index >= 15 is 0 Å². The van der Waals surface area contributed by atoms with E-state index in [1.54, 1.807) is 12.4 Å². The van der Waals surface area contributed by atoms with E-state index in [0.717, 1.165) is 37.7 Å². The molecule has 1 saturated heterocycles. The topological polar surface area (TPSA) is 54.9 Å². The molecule has 1 aromatic heterocycles. The summed E-state index contributed by atoms with van der Waals surface area (Å²) in [5.41, 5.74) is 1.17. The van der Waals surface area contributed by atoms with Gasteiger partial charge in [-0.05, 0) is 37.6 Å². The second-order valence-electron chi connectivity index (χ2n) is 6.41. The van der Waals surface area contributed by atoms with Gasteiger partial charge in [0.25, 0.3) is 0 Å². The molecule has 3 rings (SSSR count). The van der Waals surface area contributed by atoms with Crippen molar-refractivity contribution in [2.45, 2.75) is 19.8 Å². The van der Waals surface area contributed by atoms with Crippen LogP contribution in [0.3, 0.4) is 0 Å². The molecule has 2 aromatic rings. The van der Waals surface area contributed by atoms with E-state index in [2.05, 4.69) is 9.88 Å². The molecule has 144 valence electrons. The third kappa shape index (κ3) is 5.36. The molecule has 0 bridgehead atoms. The zero-order valence-corrected chi connectivity index (χ0v) is 15.8. The number of amides is 1. The number of rotatable bonds is 8. The molecule has 1 aliphatic rings. The van der Waals surface area contributed by atoms with Gasteiger partial charge in [-0.15, -0.1) is 0 Å². The fourth-order valence-electron chi connectivity index (χ4n) is 3.18. The van der Waals surface area contributed by atoms with Crippen LogP contribution in [0.15, 0.2) is 48.8 Å². The first kappa shape index (κ1) is 19.0. The Morgan fingerprint density at radius 1 is 1.00 bits per heavy atom. The molecular weight excluding hydrogens is 342 g/mol. The Labute approximate surface area is 160 Å². The Morgan fingerprint density at radius 2 is 1.67 bits per heavy atom. The van der Waals surface area contributed by atoms with Crippen molar-refractivity contribution in [1.29, 1.82) is 0 Å². The van der Waals surface area contributed by atoms with Gasteiger partial charge in [-0.2, -0.15) is 0 Å². The van der Waals surface area contributed by atoms with Crippen molar-refractivity contribution in [3.8, 4) is 11.5 Å². The molecule has 0 radical (unpaired) electrons. The second-order valence-corrected chi connectivity index (χ2v) is 6.41. The number of carbonyl (C=O) groups is 1. The van der Waals surface area contributed by atoms with E-state index in [1.807, 2.05) is 48.2 Å². The molecule has 0 N–H and O–H groups in total. The molecule has 1 aliphatic heterocycles. The van der Waals surface area contributed by atoms with Crippen LogP contribution in [0.2, 0.25) is 0 Å². The summed E-state index contributed by atoms with van der Waals surface area (Å²) in [5.74, 6) is 1.68. The summed E-state index contributed by atoms with van der Waals surface area (Å²) < 4.78 is 11.3. The van der Waals surface area contributed by atoms with E-state index in [-0.39, 0.29) is 5.91 Å². The fourth-order valence-corrected chi connectivity index (χ4v) is 3.18. The van der Waals surface area contributed by atoms with E-state index in [9.17, 15) is 4.79 Å². The van der Waals surface area contributed by atoms with Crippen molar-refractivity contribution < 1.29 is 14.3 Å². The first-order chi connectivity index (χ1) is 13.3. The number of nitrogens with zero attached hydrogens (tertiary/aromatic N) is 3. The van der Waals surface area contributed by atoms with Crippen LogP contribution >= 0.6 is 0 Å². The summed E-state index contributed by atoms with van der Waals surface area (Å²) in [5, 5.41) is 0. The molecular formula is C21H27N3O3. The van der Waals surface area contributed by atoms with E-state index in [0.29, 0.717) is 26.1 Å². The van der Waals surface area contributed by atoms with Gasteiger partial charge in [0, 0.05) is 50.7 Å². The maximum atomic E-state index is 12.4. The average molecular weight is 369 g/mol. The summed E-state index contributed by atoms with van der Waals surface area (Å²) in [7, 11) is 0. The Morgan fingerprint density at radius 3 is 2.33 bits per heavy atom. The summed E-state index contributed by atoms with van der Waals surface area (Å²) in [6, 6.07) is 11.7. The highest BCUT2D eigenvalue weighted by Gasteiger charge is 2.20. The standard InChI is InChI=1S/C21H27N3O3/c1-2-26-19-6-3-4-7-20(19)27-17-5-8-21(25)24-15-13-23(14-16-24)18-9-11-22-12-10-18/h3-4,6-7,9-12H,2,5,8,13-17H2,1H3. The highest BCUT2D eigenvalue weighted by Crippen LogP contribution is 2.26. The average Bonchev–Trinajstić information content (AvgIpc) is 2.73. The highest BCUT2D eigenvalue weighted by molar-refractivity contribution is 5.76. The smallest absolute Gasteiger partial charge is 0.222 e. The van der Waals surface area contributed by atoms with Crippen LogP contribution < -0.4 is 14.4 Å². The Balaban J connectivity index is 1.38. The number of pyridine rings is 1. The summed E-state index contributed by atoms with van der Waals surface area (Å²) in [4.78, 5) is 20.7. The minimum Gasteiger partial charge on any atom is -0.490 e. The van der Waals surface area contributed by atoms with Gasteiger partial charge in [0.2, 0.25) is 5.91 Å². The molecule has 1 aromatic carbocycles. The Kier molecular flexibility index (Phi) is 6.90. The number of anilines is 1. The molecule has 0 spiro atoms. The molecule has 0 saturated carbocycles. The lowest BCUT2D eigenvalue weighted by atomic mass is 10.2. The molecule has 1 fully saturated rings. The number of piperazine rings is 1. The minimum atomic E-state index is 0.200. The van der Waals surface area contributed by atoms with Gasteiger partial charge in [-0.25, -0.2) is 0 Å². The molecule has 27 heavy (non-hydrogen) atoms. The van der Waals surface area contributed by atoms with Crippen LogP contribution in [-0.2, 0) is 4.79 Å². The van der Waals surface area contributed by atoms with Gasteiger partial charge in [0.15, 0.2) is 11.5 Å². The van der Waals surface area contributed by atoms with E-state index in [1.165, 1.54) is 5.69 Å². The second kappa shape index (κ2) is 9.80. The Bertz CT molecular complexity index is 716. The van der Waals surface area contributed by atoms with Crippen LogP contribution in [0.5, 0.6) is 11.5 Å². The predicted molar refractivity (Wildman–Crippen MR) is 105 cm³/mol. The normalized spacial score (nSPS) is 14.1. The van der Waals surface area contributed by atoms with Gasteiger partial charge in [0.05, 0.1) is 13.2 Å². The number of para-hydroxylation sites is 2. The number of hydrogen-bond acceptors (Lipinski definition) is 5. The summed E-state index contributed by atoms with van der Waals surface area (Å²) in [6.07, 6.45) is 4.81. The quantitative estimate of drug-likeness (QED) is 0.670. The highest BCUT2D eigenvalue weighted by atomic mass is 16.5. The lowest BCUT2D eigenvalue weighted by Crippen LogP contribution is -2.48. The molecule has 6 nitrogen and oxygen atoms in total. The van der Waals surface area contributed by atoms with Crippen LogP contribution in [0.25, 0.3) is 0 Å². The van der Waals surface area contributed by atoms with E-state index < -0.39 is 0 Å². The fraction of sp³-hybridized carbons (Fsp3) is 0.429. The zero-order chi connectivity index (χ0) is 18.9. The first-order valence-corrected chi connectivity index (χ1v) is 9.55. The lowest BCUT2D eigenvalue weighted by Gasteiger charge is -2.36. The molecule has 0 unspecified atom stereocenters. The van der Waals surface area contributed by atoms with Gasteiger partial charge >= 0.3 is 0 Å². The number of benzene rings is 1. The molecule has 1 amide bonds. The lowest BCUT2D eigenvalue weighted by molar-refractivity contribution is -0.131. The third-order valence-electron chi connectivity index (χ3n) is 4.60. The molecule has 0 atom stereocenters. The van der Waals surface area contributed by atoms with Crippen molar-refractivity contribution in [2.75, 3.05) is 44.3 Å². The van der Waals surface area contributed by atoms with Crippen molar-refractivity contribution in [3.05, 3.63) is 48.8 Å². The number of hydrogen-bond donors (Lipinski definition) is 0. The molecule has 2 heterocycles. The monoisotopic (exact) mass is 369 g/mol. The van der Waals surface area contributed by atoms with Crippen molar-refractivity contribution in [1.82, 2.24) is 9.88 Å². The minimum absolute atomic E-state index is 0.200. The number of carbonyl (C=O) groups excluding carboxylic acids is 1. The Hall–Kier alpha value is -2.76. The molecule has 0 aliphatic carbocycles. The van der Waals surface area contributed by atoms with Crippen LogP contribution in [0, 0.1) is 0 Å². The van der Waals surface area contributed by atoms with Crippen molar-refractivity contribution in [3.63, 3.8) is 0 Å². The summed E-state index contributed by atoms with van der Waals surface area (Å²) >= 11 is 0. The van der Waals surface area contributed by atoms with E-state index in [4.69, 9.17) is 9.47 Å². The summed E-state index contributed by atoms with van der Waals surface area (Å²) in [6.45, 7) is 6.29. The van der Waals surface area contributed by atoms with Gasteiger partial charge < -0.3 is 19.3 Å². The van der Waals surface area contributed by atoms with Crippen molar-refractivity contribution >= 4 is 11.6 Å². The van der Waals surface area contributed by atoms with Crippen LogP contribution in [0.1, 0.15) is 19.8 Å². The van der Waals surface area contributed by atoms with Gasteiger partial charge in [0.1, 0.15) is 0 Å². The largest absolute Gasteiger partial charge is 0.490 e. The maximum Gasteiger partial charge on any atom is 0.222 e. The maximum absolute atomic E-state index is 12.4. The van der Waals surface area contributed by atoms with Gasteiger partial charge in [-0.1, -0.05) is 12.1 Å². The third-order valence-corrected chi connectivity index (χ3v) is 4.60. The molecule has 6 heteroatoms. The van der Waals surface area contributed by atoms with Crippen LogP contribution in [-0.4, -0.2) is 55.2 Å². The number of ether oxygens (including phenoxy) is 2. The number of aromatic nitrogens is 1. The first-order valence-electron chi connectivity index (χ1n) is 9.55. The zero-order valence-electron chi connectivity index (χ0n) is 15.8. The van der Waals surface area contributed by atoms with Gasteiger partial charge in [-0.3, -0.25) is 9.78 Å². The predicted octanol–water partition coefficient (Wildman–Crippen LogP) is 2.99.